The second-order valence-electron chi connectivity index (χ2n) is 6.20. The molecule has 1 saturated carbocycles. The molecule has 1 atom stereocenters. The van der Waals surface area contributed by atoms with Gasteiger partial charge >= 0.3 is 0 Å². The van der Waals surface area contributed by atoms with Crippen LogP contribution in [0.3, 0.4) is 0 Å². The Hall–Kier alpha value is -1.09. The summed E-state index contributed by atoms with van der Waals surface area (Å²) in [6.45, 7) is 2.31. The number of hydrogen-bond acceptors (Lipinski definition) is 2. The third-order valence-corrected chi connectivity index (χ3v) is 4.78. The summed E-state index contributed by atoms with van der Waals surface area (Å²) >= 11 is 0. The second-order valence-corrected chi connectivity index (χ2v) is 6.20. The molecule has 2 nitrogen and oxygen atoms in total. The Morgan fingerprint density at radius 3 is 2.74 bits per heavy atom. The van der Waals surface area contributed by atoms with Crippen LogP contribution < -0.4 is 10.1 Å². The maximum atomic E-state index is 13.4. The van der Waals surface area contributed by atoms with Gasteiger partial charge in [-0.05, 0) is 56.8 Å². The first-order valence-electron chi connectivity index (χ1n) is 7.28. The molecule has 0 aromatic heterocycles. The van der Waals surface area contributed by atoms with Crippen molar-refractivity contribution in [3.05, 3.63) is 29.6 Å². The summed E-state index contributed by atoms with van der Waals surface area (Å²) in [7, 11) is 1.95. The van der Waals surface area contributed by atoms with Gasteiger partial charge in [-0.3, -0.25) is 0 Å². The summed E-state index contributed by atoms with van der Waals surface area (Å²) < 4.78 is 19.7. The van der Waals surface area contributed by atoms with Crippen molar-refractivity contribution < 1.29 is 9.13 Å². The molecular formula is C16H22FNO. The Morgan fingerprint density at radius 1 is 1.32 bits per heavy atom. The minimum atomic E-state index is -0.184. The topological polar surface area (TPSA) is 21.3 Å². The van der Waals surface area contributed by atoms with Crippen LogP contribution in [0.5, 0.6) is 5.75 Å². The van der Waals surface area contributed by atoms with Gasteiger partial charge in [0.1, 0.15) is 17.2 Å². The summed E-state index contributed by atoms with van der Waals surface area (Å²) in [5, 5.41) is 3.32. The van der Waals surface area contributed by atoms with E-state index in [9.17, 15) is 4.39 Å². The zero-order valence-corrected chi connectivity index (χ0v) is 11.7. The fourth-order valence-electron chi connectivity index (χ4n) is 3.49. The normalized spacial score (nSPS) is 33.8. The molecular weight excluding hydrogens is 241 g/mol. The number of nitrogens with one attached hydrogen (secondary N) is 1. The zero-order chi connectivity index (χ0) is 13.5. The Bertz CT molecular complexity index is 466. The summed E-state index contributed by atoms with van der Waals surface area (Å²) in [4.78, 5) is 0. The molecule has 104 valence electrons. The van der Waals surface area contributed by atoms with Crippen LogP contribution in [0.4, 0.5) is 4.39 Å². The highest BCUT2D eigenvalue weighted by Gasteiger charge is 2.42. The molecule has 2 aliphatic rings. The lowest BCUT2D eigenvalue weighted by Crippen LogP contribution is -2.46. The molecule has 1 aromatic carbocycles. The fourth-order valence-corrected chi connectivity index (χ4v) is 3.49. The third kappa shape index (κ3) is 2.36. The van der Waals surface area contributed by atoms with E-state index < -0.39 is 0 Å². The van der Waals surface area contributed by atoms with Crippen molar-refractivity contribution in [3.63, 3.8) is 0 Å². The second kappa shape index (κ2) is 4.78. The Kier molecular flexibility index (Phi) is 3.25. The molecule has 1 aliphatic carbocycles. The van der Waals surface area contributed by atoms with Gasteiger partial charge in [-0.2, -0.15) is 0 Å². The van der Waals surface area contributed by atoms with Gasteiger partial charge in [0.25, 0.3) is 0 Å². The van der Waals surface area contributed by atoms with E-state index in [1.807, 2.05) is 7.05 Å². The first kappa shape index (κ1) is 12.9. The van der Waals surface area contributed by atoms with Gasteiger partial charge in [0.15, 0.2) is 0 Å². The monoisotopic (exact) mass is 263 g/mol. The molecule has 0 saturated heterocycles. The number of ether oxygens (including phenoxy) is 1. The predicted molar refractivity (Wildman–Crippen MR) is 73.8 cm³/mol. The summed E-state index contributed by atoms with van der Waals surface area (Å²) in [5.74, 6) is 1.48. The largest absolute Gasteiger partial charge is 0.487 e. The van der Waals surface area contributed by atoms with Crippen LogP contribution in [-0.2, 0) is 0 Å². The minimum absolute atomic E-state index is 0.0367. The molecule has 1 N–H and O–H groups in total. The maximum Gasteiger partial charge on any atom is 0.125 e. The first-order chi connectivity index (χ1) is 9.12. The van der Waals surface area contributed by atoms with Crippen molar-refractivity contribution in [1.29, 1.82) is 0 Å². The highest BCUT2D eigenvalue weighted by Crippen LogP contribution is 2.47. The summed E-state index contributed by atoms with van der Waals surface area (Å²) in [5.41, 5.74) is 0.928. The number of hydrogen-bond donors (Lipinski definition) is 1. The van der Waals surface area contributed by atoms with Crippen molar-refractivity contribution in [3.8, 4) is 5.75 Å². The molecule has 1 fully saturated rings. The third-order valence-electron chi connectivity index (χ3n) is 4.78. The highest BCUT2D eigenvalue weighted by molar-refractivity contribution is 5.39. The molecule has 1 aromatic rings. The van der Waals surface area contributed by atoms with Crippen molar-refractivity contribution in [2.45, 2.75) is 50.7 Å². The van der Waals surface area contributed by atoms with E-state index in [-0.39, 0.29) is 17.5 Å². The van der Waals surface area contributed by atoms with Crippen LogP contribution in [0.2, 0.25) is 0 Å². The van der Waals surface area contributed by atoms with Crippen molar-refractivity contribution in [1.82, 2.24) is 5.32 Å². The van der Waals surface area contributed by atoms with Crippen LogP contribution in [0, 0.1) is 11.7 Å². The lowest BCUT2D eigenvalue weighted by Gasteiger charge is -2.45. The molecule has 0 radical (unpaired) electrons. The van der Waals surface area contributed by atoms with E-state index in [1.54, 1.807) is 12.1 Å². The maximum absolute atomic E-state index is 13.4. The SMILES string of the molecule is CNC1CC2(CCC(C)CC2)Oc2ccc(F)cc21. The lowest BCUT2D eigenvalue weighted by molar-refractivity contribution is -0.0121. The molecule has 0 bridgehead atoms. The van der Waals surface area contributed by atoms with Gasteiger partial charge in [0.2, 0.25) is 0 Å². The van der Waals surface area contributed by atoms with Gasteiger partial charge in [-0.25, -0.2) is 4.39 Å². The van der Waals surface area contributed by atoms with Gasteiger partial charge in [-0.1, -0.05) is 6.92 Å². The number of halogens is 1. The molecule has 3 heteroatoms. The lowest BCUT2D eigenvalue weighted by atomic mass is 9.74. The molecule has 0 amide bonds. The van der Waals surface area contributed by atoms with Crippen molar-refractivity contribution in [2.24, 2.45) is 5.92 Å². The van der Waals surface area contributed by atoms with E-state index in [2.05, 4.69) is 12.2 Å². The van der Waals surface area contributed by atoms with E-state index in [1.165, 1.54) is 18.9 Å². The molecule has 1 unspecified atom stereocenters. The summed E-state index contributed by atoms with van der Waals surface area (Å²) in [6.07, 6.45) is 5.64. The van der Waals surface area contributed by atoms with E-state index in [0.717, 1.165) is 36.5 Å². The molecule has 1 heterocycles. The van der Waals surface area contributed by atoms with Crippen LogP contribution in [0.25, 0.3) is 0 Å². The van der Waals surface area contributed by atoms with Crippen LogP contribution in [0.15, 0.2) is 18.2 Å². The average Bonchev–Trinajstić information content (AvgIpc) is 2.42. The van der Waals surface area contributed by atoms with Crippen LogP contribution >= 0.6 is 0 Å². The smallest absolute Gasteiger partial charge is 0.125 e. The highest BCUT2D eigenvalue weighted by atomic mass is 19.1. The number of benzene rings is 1. The van der Waals surface area contributed by atoms with Gasteiger partial charge in [-0.15, -0.1) is 0 Å². The van der Waals surface area contributed by atoms with Crippen molar-refractivity contribution >= 4 is 0 Å². The quantitative estimate of drug-likeness (QED) is 0.831. The van der Waals surface area contributed by atoms with E-state index in [0.29, 0.717) is 0 Å². The molecule has 1 aliphatic heterocycles. The molecule has 19 heavy (non-hydrogen) atoms. The summed E-state index contributed by atoms with van der Waals surface area (Å²) in [6, 6.07) is 5.09. The van der Waals surface area contributed by atoms with Crippen LogP contribution in [-0.4, -0.2) is 12.6 Å². The zero-order valence-electron chi connectivity index (χ0n) is 11.7. The van der Waals surface area contributed by atoms with Crippen molar-refractivity contribution in [2.75, 3.05) is 7.05 Å². The predicted octanol–water partition coefficient (Wildman–Crippen LogP) is 3.82. The Labute approximate surface area is 114 Å². The minimum Gasteiger partial charge on any atom is -0.487 e. The first-order valence-corrected chi connectivity index (χ1v) is 7.28. The fraction of sp³-hybridized carbons (Fsp3) is 0.625. The number of rotatable bonds is 1. The van der Waals surface area contributed by atoms with E-state index >= 15 is 0 Å². The van der Waals surface area contributed by atoms with E-state index in [4.69, 9.17) is 4.74 Å². The van der Waals surface area contributed by atoms with Gasteiger partial charge < -0.3 is 10.1 Å². The number of fused-ring (bicyclic) bond motifs is 1. The van der Waals surface area contributed by atoms with Gasteiger partial charge in [0.05, 0.1) is 0 Å². The van der Waals surface area contributed by atoms with Gasteiger partial charge in [0, 0.05) is 18.0 Å². The Morgan fingerprint density at radius 2 is 2.05 bits per heavy atom. The Balaban J connectivity index is 1.91. The molecule has 3 rings (SSSR count). The standard InChI is InChI=1S/C16H22FNO/c1-11-5-7-16(8-6-11)10-14(18-2)13-9-12(17)3-4-15(13)19-16/h3-4,9,11,14,18H,5-8,10H2,1-2H3. The van der Waals surface area contributed by atoms with Crippen LogP contribution in [0.1, 0.15) is 50.6 Å². The average molecular weight is 263 g/mol. The molecule has 1 spiro atoms.